The first-order valence-corrected chi connectivity index (χ1v) is 7.73. The summed E-state index contributed by atoms with van der Waals surface area (Å²) in [7, 11) is -4.09. The lowest BCUT2D eigenvalue weighted by atomic mass is 10.6. The SMILES string of the molecule is O=[N+]([O-])c1ccc(S(=O)(=O)c2sccc2[N+](=O)[O-])s1. The summed E-state index contributed by atoms with van der Waals surface area (Å²) in [6.45, 7) is 0. The zero-order valence-electron chi connectivity index (χ0n) is 8.88. The van der Waals surface area contributed by atoms with Crippen LogP contribution in [0.25, 0.3) is 0 Å². The normalized spacial score (nSPS) is 11.4. The van der Waals surface area contributed by atoms with Crippen molar-refractivity contribution >= 4 is 43.2 Å². The van der Waals surface area contributed by atoms with E-state index in [-0.39, 0.29) is 9.21 Å². The van der Waals surface area contributed by atoms with Crippen LogP contribution >= 0.6 is 22.7 Å². The molecule has 0 fully saturated rings. The second kappa shape index (κ2) is 4.68. The Labute approximate surface area is 114 Å². The Balaban J connectivity index is 2.55. The fraction of sp³-hybridized carbons (Fsp3) is 0. The molecule has 0 N–H and O–H groups in total. The Bertz CT molecular complexity index is 759. The quantitative estimate of drug-likeness (QED) is 0.630. The highest BCUT2D eigenvalue weighted by Crippen LogP contribution is 2.38. The predicted octanol–water partition coefficient (Wildman–Crippen LogP) is 2.46. The third kappa shape index (κ3) is 2.34. The van der Waals surface area contributed by atoms with Crippen molar-refractivity contribution in [1.29, 1.82) is 0 Å². The first kappa shape index (κ1) is 13.6. The average molecular weight is 320 g/mol. The van der Waals surface area contributed by atoms with Crippen LogP contribution < -0.4 is 0 Å². The Morgan fingerprint density at radius 3 is 2.26 bits per heavy atom. The first-order chi connectivity index (χ1) is 8.84. The number of thiophene rings is 2. The fourth-order valence-electron chi connectivity index (χ4n) is 1.27. The van der Waals surface area contributed by atoms with Gasteiger partial charge >= 0.3 is 5.00 Å². The molecule has 0 aliphatic carbocycles. The monoisotopic (exact) mass is 320 g/mol. The van der Waals surface area contributed by atoms with Crippen molar-refractivity contribution in [3.63, 3.8) is 0 Å². The van der Waals surface area contributed by atoms with Gasteiger partial charge in [-0.25, -0.2) is 8.42 Å². The van der Waals surface area contributed by atoms with Crippen LogP contribution in [0.3, 0.4) is 0 Å². The van der Waals surface area contributed by atoms with E-state index in [0.29, 0.717) is 22.7 Å². The minimum absolute atomic E-state index is 0.287. The van der Waals surface area contributed by atoms with Gasteiger partial charge in [-0.3, -0.25) is 20.2 Å². The molecule has 19 heavy (non-hydrogen) atoms. The number of nitro groups is 2. The molecule has 0 aliphatic rings. The van der Waals surface area contributed by atoms with Crippen molar-refractivity contribution in [1.82, 2.24) is 0 Å². The van der Waals surface area contributed by atoms with Gasteiger partial charge < -0.3 is 0 Å². The summed E-state index contributed by atoms with van der Waals surface area (Å²) >= 11 is 1.17. The predicted molar refractivity (Wildman–Crippen MR) is 67.4 cm³/mol. The third-order valence-corrected chi connectivity index (χ3v) is 6.81. The highest BCUT2D eigenvalue weighted by atomic mass is 32.3. The molecule has 100 valence electrons. The molecule has 0 saturated heterocycles. The van der Waals surface area contributed by atoms with Crippen molar-refractivity contribution in [2.45, 2.75) is 8.42 Å². The zero-order chi connectivity index (χ0) is 14.2. The molecule has 0 amide bonds. The van der Waals surface area contributed by atoms with Gasteiger partial charge in [0.25, 0.3) is 5.69 Å². The van der Waals surface area contributed by atoms with Crippen LogP contribution in [-0.2, 0) is 9.84 Å². The van der Waals surface area contributed by atoms with Gasteiger partial charge in [-0.05, 0) is 11.4 Å². The number of hydrogen-bond acceptors (Lipinski definition) is 8. The van der Waals surface area contributed by atoms with Gasteiger partial charge in [-0.1, -0.05) is 11.3 Å². The van der Waals surface area contributed by atoms with Crippen molar-refractivity contribution in [3.05, 3.63) is 43.8 Å². The molecule has 0 aliphatic heterocycles. The molecule has 0 bridgehead atoms. The third-order valence-electron chi connectivity index (χ3n) is 2.06. The van der Waals surface area contributed by atoms with Crippen LogP contribution in [0.4, 0.5) is 10.7 Å². The molecule has 0 saturated carbocycles. The minimum Gasteiger partial charge on any atom is -0.258 e. The zero-order valence-corrected chi connectivity index (χ0v) is 11.3. The van der Waals surface area contributed by atoms with Crippen LogP contribution in [0.1, 0.15) is 0 Å². The summed E-state index contributed by atoms with van der Waals surface area (Å²) in [4.78, 5) is 19.7. The number of rotatable bonds is 4. The second-order valence-corrected chi connectivity index (χ2v) is 7.55. The van der Waals surface area contributed by atoms with E-state index in [2.05, 4.69) is 0 Å². The lowest BCUT2D eigenvalue weighted by Crippen LogP contribution is -2.00. The summed E-state index contributed by atoms with van der Waals surface area (Å²) in [5.74, 6) is 0. The summed E-state index contributed by atoms with van der Waals surface area (Å²) in [6.07, 6.45) is 0. The van der Waals surface area contributed by atoms with Gasteiger partial charge in [0, 0.05) is 12.1 Å². The smallest absolute Gasteiger partial charge is 0.258 e. The van der Waals surface area contributed by atoms with Gasteiger partial charge in [0.15, 0.2) is 0 Å². The largest absolute Gasteiger partial charge is 0.325 e. The fourth-order valence-corrected chi connectivity index (χ4v) is 5.30. The molecule has 0 aromatic carbocycles. The molecular formula is C8H4N2O6S3. The van der Waals surface area contributed by atoms with Crippen LogP contribution in [0.2, 0.25) is 0 Å². The van der Waals surface area contributed by atoms with E-state index >= 15 is 0 Å². The second-order valence-electron chi connectivity index (χ2n) is 3.20. The molecular weight excluding hydrogens is 316 g/mol. The lowest BCUT2D eigenvalue weighted by molar-refractivity contribution is -0.387. The molecule has 11 heteroatoms. The average Bonchev–Trinajstić information content (AvgIpc) is 2.98. The van der Waals surface area contributed by atoms with Crippen LogP contribution in [-0.4, -0.2) is 18.3 Å². The molecule has 0 spiro atoms. The molecule has 0 atom stereocenters. The number of sulfone groups is 1. The molecule has 8 nitrogen and oxygen atoms in total. The molecule has 2 aromatic heterocycles. The first-order valence-electron chi connectivity index (χ1n) is 4.55. The maximum absolute atomic E-state index is 12.1. The van der Waals surface area contributed by atoms with Gasteiger partial charge in [-0.2, -0.15) is 0 Å². The summed E-state index contributed by atoms with van der Waals surface area (Å²) in [5, 5.41) is 22.2. The maximum atomic E-state index is 12.1. The van der Waals surface area contributed by atoms with Crippen molar-refractivity contribution in [2.75, 3.05) is 0 Å². The van der Waals surface area contributed by atoms with Gasteiger partial charge in [-0.15, -0.1) is 11.3 Å². The van der Waals surface area contributed by atoms with Gasteiger partial charge in [0.2, 0.25) is 14.0 Å². The van der Waals surface area contributed by atoms with E-state index in [1.807, 2.05) is 0 Å². The van der Waals surface area contributed by atoms with Crippen molar-refractivity contribution in [3.8, 4) is 0 Å². The molecule has 0 radical (unpaired) electrons. The standard InChI is InChI=1S/C8H4N2O6S3/c11-9(12)5-3-4-17-8(5)19(15,16)7-2-1-6(18-7)10(13)14/h1-4H. The Morgan fingerprint density at radius 2 is 1.74 bits per heavy atom. The molecule has 0 unspecified atom stereocenters. The van der Waals surface area contributed by atoms with Crippen LogP contribution in [0.15, 0.2) is 32.0 Å². The Kier molecular flexibility index (Phi) is 3.34. The van der Waals surface area contributed by atoms with E-state index in [1.54, 1.807) is 0 Å². The van der Waals surface area contributed by atoms with E-state index in [9.17, 15) is 28.6 Å². The minimum atomic E-state index is -4.09. The summed E-state index contributed by atoms with van der Waals surface area (Å²) in [5.41, 5.74) is -0.527. The molecule has 2 rings (SSSR count). The van der Waals surface area contributed by atoms with Gasteiger partial charge in [0.05, 0.1) is 9.85 Å². The van der Waals surface area contributed by atoms with Crippen molar-refractivity contribution in [2.24, 2.45) is 0 Å². The van der Waals surface area contributed by atoms with Crippen molar-refractivity contribution < 1.29 is 18.3 Å². The van der Waals surface area contributed by atoms with Crippen LogP contribution in [0, 0.1) is 20.2 Å². The van der Waals surface area contributed by atoms with Crippen LogP contribution in [0.5, 0.6) is 0 Å². The molecule has 2 heterocycles. The lowest BCUT2D eigenvalue weighted by Gasteiger charge is -1.97. The summed E-state index contributed by atoms with van der Waals surface area (Å²) < 4.78 is 23.6. The topological polar surface area (TPSA) is 120 Å². The Morgan fingerprint density at radius 1 is 1.05 bits per heavy atom. The van der Waals surface area contributed by atoms with E-state index in [4.69, 9.17) is 0 Å². The van der Waals surface area contributed by atoms with E-state index < -0.39 is 29.6 Å². The maximum Gasteiger partial charge on any atom is 0.325 e. The Hall–Kier alpha value is -1.85. The van der Waals surface area contributed by atoms with E-state index in [1.165, 1.54) is 5.38 Å². The molecule has 2 aromatic rings. The number of hydrogen-bond donors (Lipinski definition) is 0. The highest BCUT2D eigenvalue weighted by Gasteiger charge is 2.31. The number of nitrogens with zero attached hydrogens (tertiary/aromatic N) is 2. The summed E-state index contributed by atoms with van der Waals surface area (Å²) in [6, 6.07) is 3.21. The highest BCUT2D eigenvalue weighted by molar-refractivity contribution is 7.95. The van der Waals surface area contributed by atoms with E-state index in [0.717, 1.165) is 18.2 Å². The van der Waals surface area contributed by atoms with Gasteiger partial charge in [0.1, 0.15) is 4.21 Å².